The van der Waals surface area contributed by atoms with Crippen LogP contribution >= 0.6 is 11.8 Å². The van der Waals surface area contributed by atoms with Crippen LogP contribution in [0.25, 0.3) is 0 Å². The summed E-state index contributed by atoms with van der Waals surface area (Å²) in [6.07, 6.45) is 6.48. The van der Waals surface area contributed by atoms with Gasteiger partial charge in [-0.1, -0.05) is 12.8 Å². The molecule has 0 unspecified atom stereocenters. The number of benzene rings is 1. The number of thioether (sulfide) groups is 1. The Morgan fingerprint density at radius 2 is 2.00 bits per heavy atom. The Kier molecular flexibility index (Phi) is 7.44. The number of hydrogen-bond acceptors (Lipinski definition) is 3. The molecule has 0 saturated carbocycles. The number of carbonyl (C=O) groups excluding carboxylic acids is 1. The van der Waals surface area contributed by atoms with E-state index in [0.717, 1.165) is 12.8 Å². The Hall–Kier alpha value is -1.23. The summed E-state index contributed by atoms with van der Waals surface area (Å²) < 4.78 is 13.8. The number of halogens is 1. The van der Waals surface area contributed by atoms with E-state index in [1.807, 2.05) is 11.8 Å². The zero-order chi connectivity index (χ0) is 15.0. The minimum atomic E-state index is -0.489. The van der Waals surface area contributed by atoms with E-state index in [-0.39, 0.29) is 11.5 Å². The van der Waals surface area contributed by atoms with Gasteiger partial charge < -0.3 is 11.1 Å². The van der Waals surface area contributed by atoms with E-state index in [4.69, 9.17) is 5.73 Å². The topological polar surface area (TPSA) is 55.1 Å². The van der Waals surface area contributed by atoms with Gasteiger partial charge in [-0.2, -0.15) is 11.8 Å². The molecule has 0 heterocycles. The third kappa shape index (κ3) is 5.41. The summed E-state index contributed by atoms with van der Waals surface area (Å²) in [5.74, 6) is 0.304. The van der Waals surface area contributed by atoms with Crippen molar-refractivity contribution in [3.05, 3.63) is 29.1 Å². The summed E-state index contributed by atoms with van der Waals surface area (Å²) in [7, 11) is 0. The number of nitrogens with one attached hydrogen (secondary N) is 1. The van der Waals surface area contributed by atoms with Gasteiger partial charge in [-0.25, -0.2) is 4.39 Å². The predicted molar refractivity (Wildman–Crippen MR) is 84.7 cm³/mol. The molecule has 20 heavy (non-hydrogen) atoms. The molecule has 1 aromatic carbocycles. The maximum Gasteiger partial charge on any atom is 0.254 e. The van der Waals surface area contributed by atoms with Crippen molar-refractivity contribution in [2.75, 3.05) is 24.3 Å². The van der Waals surface area contributed by atoms with Crippen molar-refractivity contribution in [1.29, 1.82) is 0 Å². The molecular formula is C15H23FN2OS. The van der Waals surface area contributed by atoms with Gasteiger partial charge in [0.15, 0.2) is 0 Å². The van der Waals surface area contributed by atoms with Gasteiger partial charge in [-0.3, -0.25) is 4.79 Å². The molecule has 1 amide bonds. The normalized spacial score (nSPS) is 10.6. The van der Waals surface area contributed by atoms with Crippen LogP contribution in [-0.2, 0) is 0 Å². The quantitative estimate of drug-likeness (QED) is 0.571. The summed E-state index contributed by atoms with van der Waals surface area (Å²) in [5, 5.41) is 2.75. The van der Waals surface area contributed by atoms with E-state index in [0.29, 0.717) is 17.8 Å². The minimum Gasteiger partial charge on any atom is -0.399 e. The van der Waals surface area contributed by atoms with Crippen LogP contribution in [0.1, 0.15) is 41.6 Å². The lowest BCUT2D eigenvalue weighted by Gasteiger charge is -2.08. The molecule has 0 aliphatic heterocycles. The maximum absolute atomic E-state index is 13.8. The zero-order valence-electron chi connectivity index (χ0n) is 12.2. The van der Waals surface area contributed by atoms with Crippen molar-refractivity contribution < 1.29 is 9.18 Å². The van der Waals surface area contributed by atoms with Crippen molar-refractivity contribution in [3.63, 3.8) is 0 Å². The van der Waals surface area contributed by atoms with Crippen LogP contribution in [0, 0.1) is 12.7 Å². The van der Waals surface area contributed by atoms with E-state index < -0.39 is 5.82 Å². The molecule has 0 radical (unpaired) electrons. The minimum absolute atomic E-state index is 0.0323. The summed E-state index contributed by atoms with van der Waals surface area (Å²) in [6, 6.07) is 2.91. The van der Waals surface area contributed by atoms with Gasteiger partial charge in [0.25, 0.3) is 5.91 Å². The van der Waals surface area contributed by atoms with Gasteiger partial charge in [0, 0.05) is 12.2 Å². The molecule has 0 atom stereocenters. The average molecular weight is 298 g/mol. The second kappa shape index (κ2) is 8.84. The third-order valence-electron chi connectivity index (χ3n) is 3.08. The highest BCUT2D eigenvalue weighted by Crippen LogP contribution is 2.17. The van der Waals surface area contributed by atoms with E-state index >= 15 is 0 Å². The number of nitrogen functional groups attached to an aromatic ring is 1. The van der Waals surface area contributed by atoms with E-state index in [9.17, 15) is 9.18 Å². The molecule has 1 rings (SSSR count). The lowest BCUT2D eigenvalue weighted by Crippen LogP contribution is -2.25. The Morgan fingerprint density at radius 3 is 2.70 bits per heavy atom. The van der Waals surface area contributed by atoms with Gasteiger partial charge in [-0.05, 0) is 49.5 Å². The van der Waals surface area contributed by atoms with Crippen LogP contribution in [0.5, 0.6) is 0 Å². The molecule has 0 saturated heterocycles. The van der Waals surface area contributed by atoms with Gasteiger partial charge >= 0.3 is 0 Å². The first-order valence-electron chi connectivity index (χ1n) is 6.89. The van der Waals surface area contributed by atoms with Gasteiger partial charge in [0.05, 0.1) is 5.56 Å². The summed E-state index contributed by atoms with van der Waals surface area (Å²) in [6.45, 7) is 2.18. The van der Waals surface area contributed by atoms with E-state index in [1.54, 1.807) is 6.92 Å². The van der Waals surface area contributed by atoms with E-state index in [1.165, 1.54) is 30.7 Å². The van der Waals surface area contributed by atoms with Crippen molar-refractivity contribution >= 4 is 23.4 Å². The summed E-state index contributed by atoms with van der Waals surface area (Å²) >= 11 is 1.85. The molecule has 0 spiro atoms. The Bertz CT molecular complexity index is 452. The number of rotatable bonds is 8. The monoisotopic (exact) mass is 298 g/mol. The lowest BCUT2D eigenvalue weighted by atomic mass is 10.1. The molecule has 0 fully saturated rings. The molecular weight excluding hydrogens is 275 g/mol. The first-order valence-corrected chi connectivity index (χ1v) is 8.28. The molecule has 5 heteroatoms. The van der Waals surface area contributed by atoms with Crippen molar-refractivity contribution in [1.82, 2.24) is 5.32 Å². The molecule has 1 aromatic rings. The number of carbonyl (C=O) groups is 1. The number of hydrogen-bond donors (Lipinski definition) is 2. The number of unbranched alkanes of at least 4 members (excludes halogenated alkanes) is 3. The van der Waals surface area contributed by atoms with Crippen molar-refractivity contribution in [3.8, 4) is 0 Å². The highest BCUT2D eigenvalue weighted by molar-refractivity contribution is 7.98. The largest absolute Gasteiger partial charge is 0.399 e. The number of amides is 1. The average Bonchev–Trinajstić information content (AvgIpc) is 2.41. The zero-order valence-corrected chi connectivity index (χ0v) is 13.0. The molecule has 0 bridgehead atoms. The Labute approximate surface area is 124 Å². The SMILES string of the molecule is CSCCCCCCNC(=O)c1cc(N)cc(C)c1F. The van der Waals surface area contributed by atoms with Crippen LogP contribution in [0.3, 0.4) is 0 Å². The molecule has 3 N–H and O–H groups in total. The van der Waals surface area contributed by atoms with E-state index in [2.05, 4.69) is 11.6 Å². The fourth-order valence-electron chi connectivity index (χ4n) is 1.98. The number of aryl methyl sites for hydroxylation is 1. The fraction of sp³-hybridized carbons (Fsp3) is 0.533. The van der Waals surface area contributed by atoms with Gasteiger partial charge in [0.1, 0.15) is 5.82 Å². The standard InChI is InChI=1S/C15H23FN2OS/c1-11-9-12(17)10-13(14(11)16)15(19)18-7-5-3-4-6-8-20-2/h9-10H,3-8,17H2,1-2H3,(H,18,19). The Balaban J connectivity index is 2.36. The van der Waals surface area contributed by atoms with Crippen LogP contribution in [0.4, 0.5) is 10.1 Å². The molecule has 0 aromatic heterocycles. The summed E-state index contributed by atoms with van der Waals surface area (Å²) in [4.78, 5) is 11.9. The predicted octanol–water partition coefficient (Wildman–Crippen LogP) is 3.37. The Morgan fingerprint density at radius 1 is 1.30 bits per heavy atom. The smallest absolute Gasteiger partial charge is 0.254 e. The summed E-state index contributed by atoms with van der Waals surface area (Å²) in [5.41, 5.74) is 6.48. The molecule has 0 aliphatic rings. The third-order valence-corrected chi connectivity index (χ3v) is 3.78. The second-order valence-electron chi connectivity index (χ2n) is 4.86. The molecule has 112 valence electrons. The van der Waals surface area contributed by atoms with Crippen LogP contribution in [0.15, 0.2) is 12.1 Å². The van der Waals surface area contributed by atoms with Crippen LogP contribution < -0.4 is 11.1 Å². The first kappa shape index (κ1) is 16.8. The first-order chi connectivity index (χ1) is 9.56. The van der Waals surface area contributed by atoms with Crippen molar-refractivity contribution in [2.24, 2.45) is 0 Å². The molecule has 3 nitrogen and oxygen atoms in total. The molecule has 0 aliphatic carbocycles. The number of nitrogens with two attached hydrogens (primary N) is 1. The van der Waals surface area contributed by atoms with Crippen LogP contribution in [0.2, 0.25) is 0 Å². The number of anilines is 1. The highest BCUT2D eigenvalue weighted by atomic mass is 32.2. The van der Waals surface area contributed by atoms with Gasteiger partial charge in [-0.15, -0.1) is 0 Å². The fourth-order valence-corrected chi connectivity index (χ4v) is 2.48. The van der Waals surface area contributed by atoms with Gasteiger partial charge in [0.2, 0.25) is 0 Å². The maximum atomic E-state index is 13.8. The van der Waals surface area contributed by atoms with Crippen molar-refractivity contribution in [2.45, 2.75) is 32.6 Å². The lowest BCUT2D eigenvalue weighted by molar-refractivity contribution is 0.0949. The highest BCUT2D eigenvalue weighted by Gasteiger charge is 2.13. The second-order valence-corrected chi connectivity index (χ2v) is 5.85. The van der Waals surface area contributed by atoms with Crippen LogP contribution in [-0.4, -0.2) is 24.5 Å².